The van der Waals surface area contributed by atoms with Crippen LogP contribution in [0.2, 0.25) is 0 Å². The largest absolute Gasteiger partial charge is 0.435 e. The quantitative estimate of drug-likeness (QED) is 0.594. The van der Waals surface area contributed by atoms with E-state index in [1.807, 2.05) is 12.1 Å². The molecule has 120 valence electrons. The van der Waals surface area contributed by atoms with Crippen LogP contribution in [0.25, 0.3) is 0 Å². The van der Waals surface area contributed by atoms with Crippen LogP contribution in [0.5, 0.6) is 5.75 Å². The van der Waals surface area contributed by atoms with Crippen LogP contribution in [0.4, 0.5) is 8.78 Å². The van der Waals surface area contributed by atoms with E-state index in [0.717, 1.165) is 24.9 Å². The molecule has 0 aliphatic heterocycles. The van der Waals surface area contributed by atoms with E-state index in [9.17, 15) is 8.78 Å². The van der Waals surface area contributed by atoms with Crippen molar-refractivity contribution in [2.75, 3.05) is 6.54 Å². The van der Waals surface area contributed by atoms with Crippen LogP contribution in [0.15, 0.2) is 24.3 Å². The number of benzene rings is 1. The molecule has 1 aromatic carbocycles. The second kappa shape index (κ2) is 10.6. The molecule has 4 heteroatoms. The van der Waals surface area contributed by atoms with Crippen molar-refractivity contribution in [3.05, 3.63) is 29.8 Å². The molecular weight excluding hydrogens is 272 g/mol. The van der Waals surface area contributed by atoms with E-state index in [4.69, 9.17) is 0 Å². The molecule has 0 aliphatic rings. The highest BCUT2D eigenvalue weighted by Gasteiger charge is 2.05. The van der Waals surface area contributed by atoms with Crippen molar-refractivity contribution in [2.24, 2.45) is 0 Å². The lowest BCUT2D eigenvalue weighted by Crippen LogP contribution is -2.27. The van der Waals surface area contributed by atoms with Crippen LogP contribution in [-0.4, -0.2) is 19.2 Å². The summed E-state index contributed by atoms with van der Waals surface area (Å²) in [5, 5.41) is 3.53. The Morgan fingerprint density at radius 3 is 2.43 bits per heavy atom. The summed E-state index contributed by atoms with van der Waals surface area (Å²) >= 11 is 0. The highest BCUT2D eigenvalue weighted by molar-refractivity contribution is 5.27. The van der Waals surface area contributed by atoms with E-state index in [1.54, 1.807) is 12.1 Å². The summed E-state index contributed by atoms with van der Waals surface area (Å²) in [5.41, 5.74) is 1.15. The molecule has 0 saturated carbocycles. The Morgan fingerprint density at radius 1 is 1.10 bits per heavy atom. The molecule has 1 unspecified atom stereocenters. The monoisotopic (exact) mass is 299 g/mol. The molecule has 0 radical (unpaired) electrons. The fourth-order valence-corrected chi connectivity index (χ4v) is 2.22. The third-order valence-electron chi connectivity index (χ3n) is 3.54. The zero-order chi connectivity index (χ0) is 15.5. The minimum atomic E-state index is -2.76. The molecule has 21 heavy (non-hydrogen) atoms. The maximum absolute atomic E-state index is 12.0. The summed E-state index contributed by atoms with van der Waals surface area (Å²) in [6.45, 7) is 2.72. The highest BCUT2D eigenvalue weighted by Crippen LogP contribution is 2.16. The number of ether oxygens (including phenoxy) is 1. The lowest BCUT2D eigenvalue weighted by molar-refractivity contribution is -0.0498. The van der Waals surface area contributed by atoms with Gasteiger partial charge in [0.15, 0.2) is 0 Å². The van der Waals surface area contributed by atoms with Crippen LogP contribution in [0.3, 0.4) is 0 Å². The Bertz CT molecular complexity index is 368. The zero-order valence-electron chi connectivity index (χ0n) is 13.1. The summed E-state index contributed by atoms with van der Waals surface area (Å²) in [6.07, 6.45) is 7.09. The van der Waals surface area contributed by atoms with Crippen LogP contribution < -0.4 is 10.1 Å². The van der Waals surface area contributed by atoms with Crippen molar-refractivity contribution in [3.8, 4) is 5.75 Å². The maximum Gasteiger partial charge on any atom is 0.387 e. The Hall–Kier alpha value is -1.16. The van der Waals surface area contributed by atoms with Crippen molar-refractivity contribution in [3.63, 3.8) is 0 Å². The average Bonchev–Trinajstić information content (AvgIpc) is 2.46. The molecule has 1 atom stereocenters. The van der Waals surface area contributed by atoms with Gasteiger partial charge in [0.05, 0.1) is 0 Å². The van der Waals surface area contributed by atoms with Gasteiger partial charge in [-0.25, -0.2) is 0 Å². The summed E-state index contributed by atoms with van der Waals surface area (Å²) < 4.78 is 28.4. The van der Waals surface area contributed by atoms with E-state index >= 15 is 0 Å². The summed E-state index contributed by atoms with van der Waals surface area (Å²) in [4.78, 5) is 0. The Balaban J connectivity index is 2.18. The second-order valence-electron chi connectivity index (χ2n) is 5.48. The van der Waals surface area contributed by atoms with Crippen molar-refractivity contribution < 1.29 is 13.5 Å². The minimum absolute atomic E-state index is 0.218. The first-order valence-electron chi connectivity index (χ1n) is 7.89. The number of hydrogen-bond acceptors (Lipinski definition) is 2. The third-order valence-corrected chi connectivity index (χ3v) is 3.54. The first kappa shape index (κ1) is 17.9. The van der Waals surface area contributed by atoms with Gasteiger partial charge in [-0.1, -0.05) is 38.3 Å². The van der Waals surface area contributed by atoms with Gasteiger partial charge >= 0.3 is 6.61 Å². The van der Waals surface area contributed by atoms with E-state index in [2.05, 4.69) is 23.9 Å². The molecule has 0 amide bonds. The molecule has 0 aliphatic carbocycles. The fraction of sp³-hybridized carbons (Fsp3) is 0.647. The van der Waals surface area contributed by atoms with Gasteiger partial charge in [0.25, 0.3) is 0 Å². The predicted molar refractivity (Wildman–Crippen MR) is 83.0 cm³/mol. The average molecular weight is 299 g/mol. The smallest absolute Gasteiger partial charge is 0.387 e. The normalized spacial score (nSPS) is 12.6. The third kappa shape index (κ3) is 8.66. The fourth-order valence-electron chi connectivity index (χ4n) is 2.22. The molecule has 0 fully saturated rings. The molecule has 2 nitrogen and oxygen atoms in total. The second-order valence-corrected chi connectivity index (χ2v) is 5.48. The van der Waals surface area contributed by atoms with Crippen molar-refractivity contribution in [2.45, 2.75) is 65.0 Å². The molecule has 0 saturated heterocycles. The Labute approximate surface area is 126 Å². The summed E-state index contributed by atoms with van der Waals surface area (Å²) in [7, 11) is 0. The molecule has 0 spiro atoms. The van der Waals surface area contributed by atoms with Gasteiger partial charge in [0.2, 0.25) is 0 Å². The van der Waals surface area contributed by atoms with Crippen LogP contribution in [0, 0.1) is 0 Å². The van der Waals surface area contributed by atoms with Crippen molar-refractivity contribution in [1.82, 2.24) is 5.32 Å². The number of alkyl halides is 2. The SMILES string of the molecule is CCCCCCNC(C)CCc1ccc(OC(F)F)cc1. The van der Waals surface area contributed by atoms with E-state index in [-0.39, 0.29) is 5.75 Å². The number of hydrogen-bond donors (Lipinski definition) is 1. The lowest BCUT2D eigenvalue weighted by Gasteiger charge is -2.14. The standard InChI is InChI=1S/C17H27F2NO/c1-3-4-5-6-13-20-14(2)7-8-15-9-11-16(12-10-15)21-17(18)19/h9-12,14,17,20H,3-8,13H2,1-2H3. The van der Waals surface area contributed by atoms with Crippen LogP contribution in [0.1, 0.15) is 51.5 Å². The van der Waals surface area contributed by atoms with Gasteiger partial charge in [-0.05, 0) is 50.4 Å². The Kier molecular flexibility index (Phi) is 8.99. The molecule has 1 N–H and O–H groups in total. The number of rotatable bonds is 11. The predicted octanol–water partition coefficient (Wildman–Crippen LogP) is 4.78. The minimum Gasteiger partial charge on any atom is -0.435 e. The number of halogens is 2. The van der Waals surface area contributed by atoms with Gasteiger partial charge in [-0.3, -0.25) is 0 Å². The number of aryl methyl sites for hydroxylation is 1. The summed E-state index contributed by atoms with van der Waals surface area (Å²) in [5.74, 6) is 0.218. The van der Waals surface area contributed by atoms with Gasteiger partial charge in [0, 0.05) is 6.04 Å². The zero-order valence-corrected chi connectivity index (χ0v) is 13.1. The van der Waals surface area contributed by atoms with Gasteiger partial charge in [-0.15, -0.1) is 0 Å². The van der Waals surface area contributed by atoms with Gasteiger partial charge in [0.1, 0.15) is 5.75 Å². The molecule has 1 aromatic rings. The number of unbranched alkanes of at least 4 members (excludes halogenated alkanes) is 3. The maximum atomic E-state index is 12.0. The molecule has 0 aromatic heterocycles. The first-order chi connectivity index (χ1) is 10.1. The molecule has 1 rings (SSSR count). The lowest BCUT2D eigenvalue weighted by atomic mass is 10.1. The van der Waals surface area contributed by atoms with E-state index in [1.165, 1.54) is 25.7 Å². The van der Waals surface area contributed by atoms with Crippen molar-refractivity contribution in [1.29, 1.82) is 0 Å². The van der Waals surface area contributed by atoms with Crippen molar-refractivity contribution >= 4 is 0 Å². The molecule has 0 heterocycles. The summed E-state index contributed by atoms with van der Waals surface area (Å²) in [6, 6.07) is 7.38. The van der Waals surface area contributed by atoms with E-state index < -0.39 is 6.61 Å². The molecular formula is C17H27F2NO. The molecule has 0 bridgehead atoms. The Morgan fingerprint density at radius 2 is 1.81 bits per heavy atom. The van der Waals surface area contributed by atoms with Crippen LogP contribution in [-0.2, 0) is 6.42 Å². The first-order valence-corrected chi connectivity index (χ1v) is 7.89. The van der Waals surface area contributed by atoms with Crippen LogP contribution >= 0.6 is 0 Å². The van der Waals surface area contributed by atoms with Gasteiger partial charge < -0.3 is 10.1 Å². The van der Waals surface area contributed by atoms with E-state index in [0.29, 0.717) is 6.04 Å². The van der Waals surface area contributed by atoms with Gasteiger partial charge in [-0.2, -0.15) is 8.78 Å². The number of nitrogens with one attached hydrogen (secondary N) is 1. The topological polar surface area (TPSA) is 21.3 Å². The highest BCUT2D eigenvalue weighted by atomic mass is 19.3.